The molecule has 0 bridgehead atoms. The second kappa shape index (κ2) is 5.79. The van der Waals surface area contributed by atoms with Crippen molar-refractivity contribution in [2.24, 2.45) is 0 Å². The van der Waals surface area contributed by atoms with Crippen molar-refractivity contribution in [1.82, 2.24) is 0 Å². The highest BCUT2D eigenvalue weighted by Gasteiger charge is 2.51. The number of ether oxygens (including phenoxy) is 1. The van der Waals surface area contributed by atoms with Crippen molar-refractivity contribution < 1.29 is 13.9 Å². The lowest BCUT2D eigenvalue weighted by Gasteiger charge is -2.17. The predicted octanol–water partition coefficient (Wildman–Crippen LogP) is 3.89. The number of carbonyl (C=O) groups is 1. The molecule has 4 heteroatoms. The van der Waals surface area contributed by atoms with E-state index in [1.54, 1.807) is 12.1 Å². The summed E-state index contributed by atoms with van der Waals surface area (Å²) in [6.07, 6.45) is 1.56. The molecule has 0 saturated heterocycles. The van der Waals surface area contributed by atoms with Gasteiger partial charge in [0.25, 0.3) is 0 Å². The maximum absolute atomic E-state index is 13.1. The fraction of sp³-hybridized carbons (Fsp3) is 0.278. The first kappa shape index (κ1) is 14.6. The normalized spacial score (nSPS) is 15.2. The maximum Gasteiger partial charge on any atom is 0.235 e. The molecular weight excluding hydrogens is 281 g/mol. The smallest absolute Gasteiger partial charge is 0.235 e. The van der Waals surface area contributed by atoms with E-state index in [9.17, 15) is 9.18 Å². The van der Waals surface area contributed by atoms with Crippen molar-refractivity contribution in [1.29, 1.82) is 0 Å². The van der Waals surface area contributed by atoms with E-state index >= 15 is 0 Å². The predicted molar refractivity (Wildman–Crippen MR) is 83.6 cm³/mol. The van der Waals surface area contributed by atoms with Crippen LogP contribution < -0.4 is 10.1 Å². The molecule has 22 heavy (non-hydrogen) atoms. The third-order valence-electron chi connectivity index (χ3n) is 4.02. The molecule has 0 radical (unpaired) electrons. The first-order chi connectivity index (χ1) is 10.7. The van der Waals surface area contributed by atoms with E-state index in [1.165, 1.54) is 12.1 Å². The number of halogens is 1. The molecule has 0 aliphatic heterocycles. The van der Waals surface area contributed by atoms with Crippen LogP contribution in [0.5, 0.6) is 5.75 Å². The number of anilines is 1. The van der Waals surface area contributed by atoms with Crippen LogP contribution in [0.4, 0.5) is 10.1 Å². The van der Waals surface area contributed by atoms with Crippen LogP contribution in [-0.2, 0) is 10.2 Å². The maximum atomic E-state index is 13.1. The average molecular weight is 299 g/mol. The highest BCUT2D eigenvalue weighted by atomic mass is 19.1. The van der Waals surface area contributed by atoms with Crippen molar-refractivity contribution in [3.63, 3.8) is 0 Å². The fourth-order valence-corrected chi connectivity index (χ4v) is 2.63. The largest absolute Gasteiger partial charge is 0.492 e. The van der Waals surface area contributed by atoms with Crippen LogP contribution in [-0.4, -0.2) is 12.5 Å². The molecule has 114 valence electrons. The minimum absolute atomic E-state index is 0.0636. The van der Waals surface area contributed by atoms with Crippen LogP contribution in [0.2, 0.25) is 0 Å². The van der Waals surface area contributed by atoms with Crippen LogP contribution in [0.15, 0.2) is 48.5 Å². The molecule has 0 atom stereocenters. The van der Waals surface area contributed by atoms with Gasteiger partial charge in [0.2, 0.25) is 5.91 Å². The van der Waals surface area contributed by atoms with E-state index in [-0.39, 0.29) is 11.7 Å². The molecular formula is C18H18FNO2. The van der Waals surface area contributed by atoms with Crippen molar-refractivity contribution in [3.8, 4) is 5.75 Å². The summed E-state index contributed by atoms with van der Waals surface area (Å²) in [5, 5.41) is 2.95. The van der Waals surface area contributed by atoms with Crippen LogP contribution in [0.3, 0.4) is 0 Å². The van der Waals surface area contributed by atoms with E-state index in [2.05, 4.69) is 5.32 Å². The highest BCUT2D eigenvalue weighted by molar-refractivity contribution is 6.02. The summed E-state index contributed by atoms with van der Waals surface area (Å²) in [6, 6.07) is 13.6. The zero-order valence-corrected chi connectivity index (χ0v) is 12.4. The second-order valence-corrected chi connectivity index (χ2v) is 5.47. The first-order valence-corrected chi connectivity index (χ1v) is 7.45. The average Bonchev–Trinajstić information content (AvgIpc) is 3.32. The van der Waals surface area contributed by atoms with Crippen molar-refractivity contribution >= 4 is 11.6 Å². The van der Waals surface area contributed by atoms with E-state index in [0.717, 1.165) is 18.4 Å². The molecule has 1 N–H and O–H groups in total. The Morgan fingerprint density at radius 1 is 1.18 bits per heavy atom. The van der Waals surface area contributed by atoms with Crippen molar-refractivity contribution in [2.45, 2.75) is 25.2 Å². The van der Waals surface area contributed by atoms with Gasteiger partial charge in [-0.25, -0.2) is 4.39 Å². The summed E-state index contributed by atoms with van der Waals surface area (Å²) in [4.78, 5) is 12.7. The number of benzene rings is 2. The standard InChI is InChI=1S/C18H18FNO2/c1-2-22-16-6-4-3-5-15(16)20-17(21)18(11-12-18)13-7-9-14(19)10-8-13/h3-10H,2,11-12H2,1H3,(H,20,21). The Balaban J connectivity index is 1.81. The monoisotopic (exact) mass is 299 g/mol. The van der Waals surface area contributed by atoms with Crippen LogP contribution >= 0.6 is 0 Å². The molecule has 0 aromatic heterocycles. The SMILES string of the molecule is CCOc1ccccc1NC(=O)C1(c2ccc(F)cc2)CC1. The number of amides is 1. The Morgan fingerprint density at radius 3 is 2.50 bits per heavy atom. The fourth-order valence-electron chi connectivity index (χ4n) is 2.63. The summed E-state index contributed by atoms with van der Waals surface area (Å²) in [5.74, 6) is 0.307. The van der Waals surface area contributed by atoms with Gasteiger partial charge in [-0.1, -0.05) is 24.3 Å². The third kappa shape index (κ3) is 2.69. The summed E-state index contributed by atoms with van der Waals surface area (Å²) in [5.41, 5.74) is 0.996. The minimum atomic E-state index is -0.535. The molecule has 1 saturated carbocycles. The molecule has 0 unspecified atom stereocenters. The summed E-state index contributed by atoms with van der Waals surface area (Å²) < 4.78 is 18.6. The molecule has 2 aromatic rings. The highest BCUT2D eigenvalue weighted by Crippen LogP contribution is 2.49. The summed E-state index contributed by atoms with van der Waals surface area (Å²) >= 11 is 0. The number of hydrogen-bond acceptors (Lipinski definition) is 2. The lowest BCUT2D eigenvalue weighted by Crippen LogP contribution is -2.28. The van der Waals surface area contributed by atoms with Crippen molar-refractivity contribution in [3.05, 3.63) is 59.9 Å². The minimum Gasteiger partial charge on any atom is -0.492 e. The van der Waals surface area contributed by atoms with Gasteiger partial charge in [0.1, 0.15) is 11.6 Å². The number of hydrogen-bond donors (Lipinski definition) is 1. The zero-order chi connectivity index (χ0) is 15.6. The quantitative estimate of drug-likeness (QED) is 0.909. The second-order valence-electron chi connectivity index (χ2n) is 5.47. The van der Waals surface area contributed by atoms with Gasteiger partial charge in [0, 0.05) is 0 Å². The number of nitrogens with one attached hydrogen (secondary N) is 1. The molecule has 0 spiro atoms. The Morgan fingerprint density at radius 2 is 1.86 bits per heavy atom. The van der Waals surface area contributed by atoms with Gasteiger partial charge >= 0.3 is 0 Å². The first-order valence-electron chi connectivity index (χ1n) is 7.45. The van der Waals surface area contributed by atoms with Gasteiger partial charge in [0.05, 0.1) is 17.7 Å². The molecule has 1 fully saturated rings. The Kier molecular flexibility index (Phi) is 3.84. The van der Waals surface area contributed by atoms with Gasteiger partial charge in [-0.05, 0) is 49.6 Å². The topological polar surface area (TPSA) is 38.3 Å². The molecule has 3 rings (SSSR count). The van der Waals surface area contributed by atoms with Gasteiger partial charge < -0.3 is 10.1 Å². The molecule has 1 amide bonds. The van der Waals surface area contributed by atoms with E-state index < -0.39 is 5.41 Å². The molecule has 3 nitrogen and oxygen atoms in total. The zero-order valence-electron chi connectivity index (χ0n) is 12.4. The van der Waals surface area contributed by atoms with Crippen LogP contribution in [0.1, 0.15) is 25.3 Å². The molecule has 1 aliphatic rings. The lowest BCUT2D eigenvalue weighted by molar-refractivity contribution is -0.118. The Hall–Kier alpha value is -2.36. The lowest BCUT2D eigenvalue weighted by atomic mass is 9.95. The Bertz CT molecular complexity index is 678. The number of carbonyl (C=O) groups excluding carboxylic acids is 1. The van der Waals surface area contributed by atoms with Crippen LogP contribution in [0, 0.1) is 5.82 Å². The van der Waals surface area contributed by atoms with E-state index in [0.29, 0.717) is 18.0 Å². The van der Waals surface area contributed by atoms with E-state index in [1.807, 2.05) is 31.2 Å². The number of rotatable bonds is 5. The Labute approximate surface area is 129 Å². The summed E-state index contributed by atoms with van der Waals surface area (Å²) in [7, 11) is 0. The van der Waals surface area contributed by atoms with Crippen molar-refractivity contribution in [2.75, 3.05) is 11.9 Å². The van der Waals surface area contributed by atoms with Gasteiger partial charge in [0.15, 0.2) is 0 Å². The van der Waals surface area contributed by atoms with Gasteiger partial charge in [-0.3, -0.25) is 4.79 Å². The summed E-state index contributed by atoms with van der Waals surface area (Å²) in [6.45, 7) is 2.44. The van der Waals surface area contributed by atoms with E-state index in [4.69, 9.17) is 4.74 Å². The third-order valence-corrected chi connectivity index (χ3v) is 4.02. The van der Waals surface area contributed by atoms with Crippen LogP contribution in [0.25, 0.3) is 0 Å². The van der Waals surface area contributed by atoms with Gasteiger partial charge in [-0.2, -0.15) is 0 Å². The molecule has 0 heterocycles. The number of para-hydroxylation sites is 2. The molecule has 1 aliphatic carbocycles. The van der Waals surface area contributed by atoms with Gasteiger partial charge in [-0.15, -0.1) is 0 Å². The molecule has 2 aromatic carbocycles.